The fourth-order valence-electron chi connectivity index (χ4n) is 4.86. The zero-order chi connectivity index (χ0) is 19.2. The van der Waals surface area contributed by atoms with Gasteiger partial charge < -0.3 is 0 Å². The van der Waals surface area contributed by atoms with Crippen molar-refractivity contribution in [2.24, 2.45) is 0 Å². The van der Waals surface area contributed by atoms with Crippen molar-refractivity contribution in [2.45, 2.75) is 35.5 Å². The Hall–Kier alpha value is -2.77. The van der Waals surface area contributed by atoms with E-state index in [4.69, 9.17) is 0 Å². The third-order valence-electron chi connectivity index (χ3n) is 6.41. The third-order valence-corrected chi connectivity index (χ3v) is 7.62. The minimum Gasteiger partial charge on any atom is -0.0895 e. The van der Waals surface area contributed by atoms with E-state index in [2.05, 4.69) is 84.9 Å². The summed E-state index contributed by atoms with van der Waals surface area (Å²) in [5.74, 6) is 0. The Kier molecular flexibility index (Phi) is 4.09. The molecule has 0 saturated carbocycles. The Morgan fingerprint density at radius 2 is 0.759 bits per heavy atom. The molecule has 0 aromatic heterocycles. The third kappa shape index (κ3) is 3.01. The molecule has 4 aromatic rings. The van der Waals surface area contributed by atoms with Gasteiger partial charge in [0.1, 0.15) is 0 Å². The van der Waals surface area contributed by atoms with Crippen LogP contribution in [-0.2, 0) is 25.7 Å². The molecule has 0 aliphatic heterocycles. The van der Waals surface area contributed by atoms with E-state index in [1.165, 1.54) is 54.3 Å². The average Bonchev–Trinajstić information content (AvgIpc) is 2.77. The van der Waals surface area contributed by atoms with Crippen molar-refractivity contribution in [1.29, 1.82) is 0 Å². The molecule has 0 bridgehead atoms. The zero-order valence-corrected chi connectivity index (χ0v) is 17.1. The summed E-state index contributed by atoms with van der Waals surface area (Å²) in [6.45, 7) is 0. The van der Waals surface area contributed by atoms with E-state index >= 15 is 0 Å². The van der Waals surface area contributed by atoms with Crippen molar-refractivity contribution in [1.82, 2.24) is 0 Å². The molecule has 0 radical (unpaired) electrons. The van der Waals surface area contributed by atoms with Gasteiger partial charge in [0.15, 0.2) is 0 Å². The van der Waals surface area contributed by atoms with Gasteiger partial charge >= 0.3 is 0 Å². The van der Waals surface area contributed by atoms with Crippen LogP contribution in [0.1, 0.15) is 44.5 Å². The Labute approximate surface area is 176 Å². The van der Waals surface area contributed by atoms with Gasteiger partial charge in [0.05, 0.1) is 0 Å². The van der Waals surface area contributed by atoms with Gasteiger partial charge in [-0.3, -0.25) is 0 Å². The van der Waals surface area contributed by atoms with E-state index in [0.29, 0.717) is 0 Å². The number of fused-ring (bicyclic) bond motifs is 4. The van der Waals surface area contributed by atoms with Crippen molar-refractivity contribution >= 4 is 11.8 Å². The van der Waals surface area contributed by atoms with E-state index in [1.54, 1.807) is 0 Å². The molecule has 0 amide bonds. The fourth-order valence-corrected chi connectivity index (χ4v) is 6.04. The molecule has 0 atom stereocenters. The maximum atomic E-state index is 2.31. The van der Waals surface area contributed by atoms with Gasteiger partial charge in [-0.15, -0.1) is 0 Å². The molecule has 0 heterocycles. The van der Waals surface area contributed by atoms with Crippen molar-refractivity contribution in [2.75, 3.05) is 0 Å². The number of hydrogen-bond acceptors (Lipinski definition) is 1. The summed E-state index contributed by atoms with van der Waals surface area (Å²) in [7, 11) is 0. The lowest BCUT2D eigenvalue weighted by molar-refractivity contribution is 0.959. The molecular weight excluding hydrogens is 368 g/mol. The minimum atomic E-state index is 1.05. The number of hydrogen-bond donors (Lipinski definition) is 0. The fraction of sp³-hybridized carbons (Fsp3) is 0.143. The van der Waals surface area contributed by atoms with Crippen molar-refractivity contribution in [3.8, 4) is 0 Å². The topological polar surface area (TPSA) is 0 Å². The second-order valence-electron chi connectivity index (χ2n) is 8.13. The second-order valence-corrected chi connectivity index (χ2v) is 9.22. The molecule has 0 saturated heterocycles. The predicted molar refractivity (Wildman–Crippen MR) is 121 cm³/mol. The maximum absolute atomic E-state index is 2.31. The molecule has 2 aliphatic rings. The largest absolute Gasteiger partial charge is 0.0895 e. The molecule has 0 N–H and O–H groups in total. The van der Waals surface area contributed by atoms with E-state index in [-0.39, 0.29) is 0 Å². The first-order valence-corrected chi connectivity index (χ1v) is 11.2. The highest BCUT2D eigenvalue weighted by molar-refractivity contribution is 7.99. The molecule has 29 heavy (non-hydrogen) atoms. The van der Waals surface area contributed by atoms with Crippen LogP contribution < -0.4 is 0 Å². The summed E-state index contributed by atoms with van der Waals surface area (Å²) < 4.78 is 0. The zero-order valence-electron chi connectivity index (χ0n) is 16.3. The van der Waals surface area contributed by atoms with Crippen molar-refractivity contribution in [3.63, 3.8) is 0 Å². The molecule has 140 valence electrons. The first kappa shape index (κ1) is 17.1. The van der Waals surface area contributed by atoms with Crippen LogP contribution in [0, 0.1) is 0 Å². The molecule has 0 fully saturated rings. The highest BCUT2D eigenvalue weighted by atomic mass is 32.2. The summed E-state index contributed by atoms with van der Waals surface area (Å²) in [6.07, 6.45) is 4.21. The van der Waals surface area contributed by atoms with Crippen LogP contribution in [0.4, 0.5) is 0 Å². The minimum absolute atomic E-state index is 1.05. The van der Waals surface area contributed by atoms with Gasteiger partial charge in [0, 0.05) is 9.79 Å². The van der Waals surface area contributed by atoms with Crippen LogP contribution in [0.15, 0.2) is 94.7 Å². The van der Waals surface area contributed by atoms with Gasteiger partial charge in [-0.25, -0.2) is 0 Å². The van der Waals surface area contributed by atoms with Gasteiger partial charge in [-0.1, -0.05) is 84.6 Å². The van der Waals surface area contributed by atoms with Crippen molar-refractivity contribution in [3.05, 3.63) is 129 Å². The van der Waals surface area contributed by atoms with Gasteiger partial charge in [-0.05, 0) is 82.3 Å². The Morgan fingerprint density at radius 1 is 0.379 bits per heavy atom. The summed E-state index contributed by atoms with van der Waals surface area (Å²) >= 11 is 1.97. The molecule has 0 nitrogen and oxygen atoms in total. The summed E-state index contributed by atoms with van der Waals surface area (Å²) in [4.78, 5) is 2.84. The van der Waals surface area contributed by atoms with Crippen LogP contribution in [0.25, 0.3) is 0 Å². The first-order chi connectivity index (χ1) is 14.3. The highest BCUT2D eigenvalue weighted by Crippen LogP contribution is 2.41. The molecule has 0 spiro atoms. The maximum Gasteiger partial charge on any atom is 0.0160 e. The molecule has 6 rings (SSSR count). The smallest absolute Gasteiger partial charge is 0.0160 e. The van der Waals surface area contributed by atoms with Crippen LogP contribution in [0.5, 0.6) is 0 Å². The molecule has 0 unspecified atom stereocenters. The molecule has 2 aliphatic carbocycles. The summed E-state index contributed by atoms with van der Waals surface area (Å²) in [5.41, 5.74) is 11.9. The SMILES string of the molecule is c1ccc2c(c1)Cc1cccc(Sc3cccc4c3Cc3ccccc3C4)c1C2. The lowest BCUT2D eigenvalue weighted by atomic mass is 9.86. The Balaban J connectivity index is 1.38. The van der Waals surface area contributed by atoms with Crippen LogP contribution in [-0.4, -0.2) is 0 Å². The average molecular weight is 391 g/mol. The van der Waals surface area contributed by atoms with E-state index in [9.17, 15) is 0 Å². The second kappa shape index (κ2) is 6.93. The van der Waals surface area contributed by atoms with E-state index in [0.717, 1.165) is 25.7 Å². The van der Waals surface area contributed by atoms with Crippen LogP contribution in [0.2, 0.25) is 0 Å². The highest BCUT2D eigenvalue weighted by Gasteiger charge is 2.21. The van der Waals surface area contributed by atoms with Gasteiger partial charge in [0.25, 0.3) is 0 Å². The number of rotatable bonds is 2. The Morgan fingerprint density at radius 3 is 1.21 bits per heavy atom. The molecular formula is C28H22S. The van der Waals surface area contributed by atoms with Crippen LogP contribution in [0.3, 0.4) is 0 Å². The van der Waals surface area contributed by atoms with E-state index in [1.807, 2.05) is 11.8 Å². The lowest BCUT2D eigenvalue weighted by Crippen LogP contribution is -2.09. The summed E-state index contributed by atoms with van der Waals surface area (Å²) in [6, 6.07) is 31.5. The van der Waals surface area contributed by atoms with Crippen LogP contribution >= 0.6 is 11.8 Å². The van der Waals surface area contributed by atoms with Crippen molar-refractivity contribution < 1.29 is 0 Å². The quantitative estimate of drug-likeness (QED) is 0.312. The Bertz CT molecular complexity index is 1140. The van der Waals surface area contributed by atoms with Gasteiger partial charge in [0.2, 0.25) is 0 Å². The van der Waals surface area contributed by atoms with E-state index < -0.39 is 0 Å². The van der Waals surface area contributed by atoms with Gasteiger partial charge in [-0.2, -0.15) is 0 Å². The molecule has 1 heteroatoms. The monoisotopic (exact) mass is 390 g/mol. The number of benzene rings is 4. The molecule has 4 aromatic carbocycles. The lowest BCUT2D eigenvalue weighted by Gasteiger charge is -2.24. The standard InChI is InChI=1S/C28H22S/c1-3-9-21-17-25-23(15-19(21)7-1)11-5-13-27(25)29-28-14-6-12-24-16-20-8-2-4-10-22(20)18-26(24)28/h1-14H,15-18H2. The first-order valence-electron chi connectivity index (χ1n) is 10.4. The predicted octanol–water partition coefficient (Wildman–Crippen LogP) is 6.83. The summed E-state index contributed by atoms with van der Waals surface area (Å²) in [5, 5.41) is 0. The normalized spacial score (nSPS) is 13.8.